The Labute approximate surface area is 185 Å². The first-order valence-electron chi connectivity index (χ1n) is 10.7. The third-order valence-electron chi connectivity index (χ3n) is 6.19. The first kappa shape index (κ1) is 21.8. The molecule has 1 unspecified atom stereocenters. The maximum atomic E-state index is 12.8. The number of carbonyl (C=O) groups excluding carboxylic acids is 2. The van der Waals surface area contributed by atoms with Crippen molar-refractivity contribution in [3.63, 3.8) is 0 Å². The van der Waals surface area contributed by atoms with E-state index in [1.807, 2.05) is 48.5 Å². The number of benzene rings is 2. The lowest BCUT2D eigenvalue weighted by Crippen LogP contribution is -2.51. The SMILES string of the molecule is CCC(NC(=O)OCC1c2ccccc2-c2ccccc21)C(=O)N1C[C@H](O)C[C@@H]1C(=O)O. The molecule has 0 saturated carbocycles. The van der Waals surface area contributed by atoms with Crippen molar-refractivity contribution >= 4 is 18.0 Å². The number of nitrogens with one attached hydrogen (secondary N) is 1. The van der Waals surface area contributed by atoms with E-state index in [2.05, 4.69) is 5.32 Å². The second-order valence-corrected chi connectivity index (χ2v) is 8.16. The van der Waals surface area contributed by atoms with Gasteiger partial charge >= 0.3 is 12.1 Å². The number of amides is 2. The molecule has 2 aromatic rings. The van der Waals surface area contributed by atoms with Crippen LogP contribution >= 0.6 is 0 Å². The summed E-state index contributed by atoms with van der Waals surface area (Å²) in [5.41, 5.74) is 4.40. The number of hydrogen-bond donors (Lipinski definition) is 3. The van der Waals surface area contributed by atoms with Crippen molar-refractivity contribution < 1.29 is 29.3 Å². The fourth-order valence-corrected chi connectivity index (χ4v) is 4.61. The Hall–Kier alpha value is -3.39. The third-order valence-corrected chi connectivity index (χ3v) is 6.19. The number of carboxylic acid groups (broad SMARTS) is 1. The summed E-state index contributed by atoms with van der Waals surface area (Å²) < 4.78 is 5.49. The van der Waals surface area contributed by atoms with Gasteiger partial charge in [0.25, 0.3) is 0 Å². The van der Waals surface area contributed by atoms with Crippen molar-refractivity contribution in [3.8, 4) is 11.1 Å². The molecule has 2 aromatic carbocycles. The second-order valence-electron chi connectivity index (χ2n) is 8.16. The molecule has 4 rings (SSSR count). The zero-order valence-corrected chi connectivity index (χ0v) is 17.7. The first-order chi connectivity index (χ1) is 15.4. The molecule has 0 aromatic heterocycles. The van der Waals surface area contributed by atoms with Crippen molar-refractivity contribution in [1.82, 2.24) is 10.2 Å². The fraction of sp³-hybridized carbons (Fsp3) is 0.375. The Bertz CT molecular complexity index is 993. The van der Waals surface area contributed by atoms with Crippen LogP contribution in [0.5, 0.6) is 0 Å². The molecule has 3 atom stereocenters. The number of hydrogen-bond acceptors (Lipinski definition) is 5. The summed E-state index contributed by atoms with van der Waals surface area (Å²) >= 11 is 0. The monoisotopic (exact) mass is 438 g/mol. The molecule has 1 aliphatic heterocycles. The van der Waals surface area contributed by atoms with Crippen LogP contribution in [-0.2, 0) is 14.3 Å². The van der Waals surface area contributed by atoms with Crippen LogP contribution in [0, 0.1) is 0 Å². The predicted octanol–water partition coefficient (Wildman–Crippen LogP) is 2.35. The van der Waals surface area contributed by atoms with E-state index in [1.54, 1.807) is 6.92 Å². The van der Waals surface area contributed by atoms with Gasteiger partial charge in [0.15, 0.2) is 0 Å². The van der Waals surface area contributed by atoms with Gasteiger partial charge in [-0.2, -0.15) is 0 Å². The molecule has 2 aliphatic rings. The number of alkyl carbamates (subject to hydrolysis) is 1. The number of aliphatic hydroxyl groups excluding tert-OH is 1. The van der Waals surface area contributed by atoms with E-state index in [-0.39, 0.29) is 31.9 Å². The topological polar surface area (TPSA) is 116 Å². The number of likely N-dealkylation sites (tertiary alicyclic amines) is 1. The van der Waals surface area contributed by atoms with E-state index in [0.29, 0.717) is 0 Å². The van der Waals surface area contributed by atoms with Crippen molar-refractivity contribution in [2.24, 2.45) is 0 Å². The van der Waals surface area contributed by atoms with Gasteiger partial charge in [-0.1, -0.05) is 55.5 Å². The number of carbonyl (C=O) groups is 3. The largest absolute Gasteiger partial charge is 0.480 e. The van der Waals surface area contributed by atoms with Crippen molar-refractivity contribution in [3.05, 3.63) is 59.7 Å². The number of β-amino-alcohol motifs (C(OH)–C–C–N with tert-alkyl or cyclic N) is 1. The summed E-state index contributed by atoms with van der Waals surface area (Å²) in [5, 5.41) is 21.7. The summed E-state index contributed by atoms with van der Waals surface area (Å²) in [7, 11) is 0. The highest BCUT2D eigenvalue weighted by atomic mass is 16.5. The molecule has 8 heteroatoms. The van der Waals surface area contributed by atoms with Gasteiger partial charge in [-0.25, -0.2) is 9.59 Å². The summed E-state index contributed by atoms with van der Waals surface area (Å²) in [5.74, 6) is -1.81. The van der Waals surface area contributed by atoms with Gasteiger partial charge < -0.3 is 25.2 Å². The molecule has 1 aliphatic carbocycles. The summed E-state index contributed by atoms with van der Waals surface area (Å²) in [6, 6.07) is 13.9. The molecule has 168 valence electrons. The van der Waals surface area contributed by atoms with E-state index in [4.69, 9.17) is 4.74 Å². The Morgan fingerprint density at radius 1 is 1.09 bits per heavy atom. The highest BCUT2D eigenvalue weighted by Crippen LogP contribution is 2.44. The second kappa shape index (κ2) is 9.00. The van der Waals surface area contributed by atoms with Crippen LogP contribution < -0.4 is 5.32 Å². The van der Waals surface area contributed by atoms with Crippen LogP contribution in [0.2, 0.25) is 0 Å². The van der Waals surface area contributed by atoms with Crippen LogP contribution in [0.15, 0.2) is 48.5 Å². The average molecular weight is 438 g/mol. The fourth-order valence-electron chi connectivity index (χ4n) is 4.61. The molecule has 8 nitrogen and oxygen atoms in total. The molecule has 0 spiro atoms. The van der Waals surface area contributed by atoms with Crippen LogP contribution in [0.3, 0.4) is 0 Å². The molecule has 1 fully saturated rings. The Morgan fingerprint density at radius 2 is 1.69 bits per heavy atom. The number of aliphatic hydroxyl groups is 1. The number of nitrogens with zero attached hydrogens (tertiary/aromatic N) is 1. The lowest BCUT2D eigenvalue weighted by molar-refractivity contribution is -0.149. The number of fused-ring (bicyclic) bond motifs is 3. The number of rotatable bonds is 6. The standard InChI is InChI=1S/C24H26N2O6/c1-2-20(22(28)26-12-14(27)11-21(26)23(29)30)25-24(31)32-13-19-17-9-5-3-7-15(17)16-8-4-6-10-18(16)19/h3-10,14,19-21,27H,2,11-13H2,1H3,(H,25,31)(H,29,30)/t14-,20?,21-/m1/s1. The van der Waals surface area contributed by atoms with Gasteiger partial charge in [0.05, 0.1) is 6.10 Å². The quantitative estimate of drug-likeness (QED) is 0.638. The van der Waals surface area contributed by atoms with Crippen LogP contribution in [0.4, 0.5) is 4.79 Å². The van der Waals surface area contributed by atoms with E-state index >= 15 is 0 Å². The van der Waals surface area contributed by atoms with Crippen LogP contribution in [0.25, 0.3) is 11.1 Å². The minimum Gasteiger partial charge on any atom is -0.480 e. The van der Waals surface area contributed by atoms with Crippen molar-refractivity contribution in [1.29, 1.82) is 0 Å². The number of ether oxygens (including phenoxy) is 1. The van der Waals surface area contributed by atoms with Crippen LogP contribution in [-0.4, -0.2) is 64.4 Å². The van der Waals surface area contributed by atoms with Gasteiger partial charge in [-0.05, 0) is 28.7 Å². The van der Waals surface area contributed by atoms with Gasteiger partial charge in [0.1, 0.15) is 18.7 Å². The van der Waals surface area contributed by atoms with Gasteiger partial charge in [-0.3, -0.25) is 4.79 Å². The predicted molar refractivity (Wildman–Crippen MR) is 116 cm³/mol. The summed E-state index contributed by atoms with van der Waals surface area (Å²) in [6.45, 7) is 1.76. The third kappa shape index (κ3) is 4.05. The Morgan fingerprint density at radius 3 is 2.25 bits per heavy atom. The van der Waals surface area contributed by atoms with Gasteiger partial charge in [-0.15, -0.1) is 0 Å². The normalized spacial score (nSPS) is 20.4. The molecule has 1 heterocycles. The lowest BCUT2D eigenvalue weighted by Gasteiger charge is -2.26. The zero-order valence-electron chi connectivity index (χ0n) is 17.7. The van der Waals surface area contributed by atoms with Crippen molar-refractivity contribution in [2.45, 2.75) is 43.9 Å². The van der Waals surface area contributed by atoms with Crippen LogP contribution in [0.1, 0.15) is 36.8 Å². The zero-order chi connectivity index (χ0) is 22.8. The maximum Gasteiger partial charge on any atom is 0.407 e. The molecule has 3 N–H and O–H groups in total. The summed E-state index contributed by atoms with van der Waals surface area (Å²) in [6.07, 6.45) is -1.39. The smallest absolute Gasteiger partial charge is 0.407 e. The van der Waals surface area contributed by atoms with Gasteiger partial charge in [0.2, 0.25) is 5.91 Å². The average Bonchev–Trinajstić information content (AvgIpc) is 3.34. The molecule has 0 bridgehead atoms. The minimum absolute atomic E-state index is 0.0253. The highest BCUT2D eigenvalue weighted by molar-refractivity contribution is 5.90. The van der Waals surface area contributed by atoms with E-state index < -0.39 is 36.2 Å². The molecular weight excluding hydrogens is 412 g/mol. The Balaban J connectivity index is 1.41. The summed E-state index contributed by atoms with van der Waals surface area (Å²) in [4.78, 5) is 37.9. The number of carboxylic acids is 1. The number of aliphatic carboxylic acids is 1. The van der Waals surface area contributed by atoms with Gasteiger partial charge in [0, 0.05) is 18.9 Å². The molecule has 2 amide bonds. The molecule has 0 radical (unpaired) electrons. The minimum atomic E-state index is -1.18. The van der Waals surface area contributed by atoms with E-state index in [0.717, 1.165) is 27.2 Å². The first-order valence-corrected chi connectivity index (χ1v) is 10.7. The van der Waals surface area contributed by atoms with Crippen molar-refractivity contribution in [2.75, 3.05) is 13.2 Å². The maximum absolute atomic E-state index is 12.8. The lowest BCUT2D eigenvalue weighted by atomic mass is 9.98. The Kier molecular flexibility index (Phi) is 6.14. The highest BCUT2D eigenvalue weighted by Gasteiger charge is 2.41. The van der Waals surface area contributed by atoms with E-state index in [9.17, 15) is 24.6 Å². The van der Waals surface area contributed by atoms with E-state index in [1.165, 1.54) is 0 Å². The molecular formula is C24H26N2O6. The molecule has 1 saturated heterocycles. The molecule has 32 heavy (non-hydrogen) atoms.